The fourth-order valence-electron chi connectivity index (χ4n) is 4.32. The summed E-state index contributed by atoms with van der Waals surface area (Å²) in [4.78, 5) is 44.6. The number of anilines is 2. The van der Waals surface area contributed by atoms with Gasteiger partial charge in [0.25, 0.3) is 17.3 Å². The number of carbonyl (C=O) groups is 1. The molecule has 0 saturated carbocycles. The van der Waals surface area contributed by atoms with Crippen LogP contribution in [0.5, 0.6) is 0 Å². The van der Waals surface area contributed by atoms with Gasteiger partial charge in [-0.25, -0.2) is 4.98 Å². The number of nitro groups is 2. The Morgan fingerprint density at radius 3 is 2.12 bits per heavy atom. The van der Waals surface area contributed by atoms with Crippen molar-refractivity contribution in [2.75, 3.05) is 49.1 Å². The molecule has 1 aromatic heterocycles. The molecule has 0 atom stereocenters. The summed E-state index contributed by atoms with van der Waals surface area (Å²) < 4.78 is 0. The van der Waals surface area contributed by atoms with Crippen LogP contribution in [0.4, 0.5) is 22.9 Å². The molecule has 2 fully saturated rings. The van der Waals surface area contributed by atoms with Gasteiger partial charge < -0.3 is 14.7 Å². The molecule has 2 saturated heterocycles. The Morgan fingerprint density at radius 1 is 0.909 bits per heavy atom. The average Bonchev–Trinajstić information content (AvgIpc) is 2.84. The highest BCUT2D eigenvalue weighted by atomic mass is 16.6. The van der Waals surface area contributed by atoms with Gasteiger partial charge in [-0.15, -0.1) is 0 Å². The lowest BCUT2D eigenvalue weighted by molar-refractivity contribution is -0.385. The average molecular weight is 454 g/mol. The molecule has 2 aliphatic heterocycles. The van der Waals surface area contributed by atoms with Crippen molar-refractivity contribution >= 4 is 28.8 Å². The molecule has 0 aliphatic carbocycles. The number of non-ortho nitro benzene ring substituents is 1. The third-order valence-corrected chi connectivity index (χ3v) is 6.38. The van der Waals surface area contributed by atoms with E-state index in [0.717, 1.165) is 31.6 Å². The molecule has 1 aromatic carbocycles. The lowest BCUT2D eigenvalue weighted by atomic mass is 9.97. The van der Waals surface area contributed by atoms with Crippen molar-refractivity contribution in [1.82, 2.24) is 9.88 Å². The van der Waals surface area contributed by atoms with E-state index in [1.165, 1.54) is 24.4 Å². The largest absolute Gasteiger partial charge is 0.371 e. The second-order valence-electron chi connectivity index (χ2n) is 8.54. The molecule has 33 heavy (non-hydrogen) atoms. The predicted octanol–water partition coefficient (Wildman–Crippen LogP) is 3.10. The minimum atomic E-state index is -0.493. The van der Waals surface area contributed by atoms with Crippen LogP contribution in [0.3, 0.4) is 0 Å². The Balaban J connectivity index is 1.50. The number of hydrogen-bond acceptors (Lipinski definition) is 8. The zero-order valence-electron chi connectivity index (χ0n) is 18.4. The van der Waals surface area contributed by atoms with Crippen molar-refractivity contribution in [1.29, 1.82) is 0 Å². The van der Waals surface area contributed by atoms with Gasteiger partial charge in [0, 0.05) is 57.5 Å². The molecule has 0 N–H and O–H groups in total. The Labute approximate surface area is 190 Å². The van der Waals surface area contributed by atoms with E-state index in [4.69, 9.17) is 0 Å². The second kappa shape index (κ2) is 9.39. The number of pyridine rings is 1. The minimum absolute atomic E-state index is 0.0714. The van der Waals surface area contributed by atoms with Crippen molar-refractivity contribution < 1.29 is 14.6 Å². The first-order chi connectivity index (χ1) is 15.8. The van der Waals surface area contributed by atoms with Crippen molar-refractivity contribution in [3.8, 4) is 0 Å². The number of benzene rings is 1. The normalized spacial score (nSPS) is 17.2. The molecule has 2 aliphatic rings. The first-order valence-electron chi connectivity index (χ1n) is 11.0. The van der Waals surface area contributed by atoms with E-state index in [0.29, 0.717) is 43.5 Å². The minimum Gasteiger partial charge on any atom is -0.371 e. The van der Waals surface area contributed by atoms with E-state index in [1.807, 2.05) is 4.90 Å². The van der Waals surface area contributed by atoms with Gasteiger partial charge in [-0.1, -0.05) is 6.92 Å². The highest BCUT2D eigenvalue weighted by Gasteiger charge is 2.28. The van der Waals surface area contributed by atoms with Crippen molar-refractivity contribution in [3.05, 3.63) is 62.3 Å². The van der Waals surface area contributed by atoms with Gasteiger partial charge in [0.05, 0.1) is 21.1 Å². The Hall–Kier alpha value is -3.76. The SMILES string of the molecule is CC1CCN(c2ccc([N+](=O)[O-])cc2C(=O)N2CCN(c3ccc([N+](=O)[O-])cn3)CC2)CC1. The van der Waals surface area contributed by atoms with E-state index in [9.17, 15) is 25.0 Å². The fourth-order valence-corrected chi connectivity index (χ4v) is 4.32. The number of piperazine rings is 1. The molecular formula is C22H26N6O5. The smallest absolute Gasteiger partial charge is 0.287 e. The van der Waals surface area contributed by atoms with Crippen LogP contribution < -0.4 is 9.80 Å². The van der Waals surface area contributed by atoms with E-state index in [2.05, 4.69) is 16.8 Å². The van der Waals surface area contributed by atoms with Gasteiger partial charge >= 0.3 is 0 Å². The highest BCUT2D eigenvalue weighted by molar-refractivity contribution is 6.00. The third-order valence-electron chi connectivity index (χ3n) is 6.38. The van der Waals surface area contributed by atoms with Crippen molar-refractivity contribution in [3.63, 3.8) is 0 Å². The van der Waals surface area contributed by atoms with Gasteiger partial charge in [0.1, 0.15) is 12.0 Å². The summed E-state index contributed by atoms with van der Waals surface area (Å²) in [6, 6.07) is 7.56. The molecule has 0 radical (unpaired) electrons. The van der Waals surface area contributed by atoms with Crippen LogP contribution in [0.1, 0.15) is 30.1 Å². The van der Waals surface area contributed by atoms with Crippen LogP contribution >= 0.6 is 0 Å². The Kier molecular flexibility index (Phi) is 6.38. The number of nitro benzene ring substituents is 1. The van der Waals surface area contributed by atoms with E-state index in [-0.39, 0.29) is 17.3 Å². The highest BCUT2D eigenvalue weighted by Crippen LogP contribution is 2.30. The van der Waals surface area contributed by atoms with Crippen LogP contribution in [-0.4, -0.2) is 64.9 Å². The topological polar surface area (TPSA) is 126 Å². The zero-order chi connectivity index (χ0) is 23.5. The Morgan fingerprint density at radius 2 is 1.55 bits per heavy atom. The van der Waals surface area contributed by atoms with Crippen molar-refractivity contribution in [2.24, 2.45) is 5.92 Å². The summed E-state index contributed by atoms with van der Waals surface area (Å²) >= 11 is 0. The number of amides is 1. The van der Waals surface area contributed by atoms with E-state index >= 15 is 0 Å². The maximum absolute atomic E-state index is 13.4. The summed E-state index contributed by atoms with van der Waals surface area (Å²) in [5.74, 6) is 1.02. The quantitative estimate of drug-likeness (QED) is 0.498. The second-order valence-corrected chi connectivity index (χ2v) is 8.54. The van der Waals surface area contributed by atoms with Crippen molar-refractivity contribution in [2.45, 2.75) is 19.8 Å². The molecular weight excluding hydrogens is 428 g/mol. The van der Waals surface area contributed by atoms with Crippen LogP contribution in [-0.2, 0) is 0 Å². The first kappa shape index (κ1) is 22.4. The molecule has 2 aromatic rings. The third kappa shape index (κ3) is 4.86. The fraction of sp³-hybridized carbons (Fsp3) is 0.455. The zero-order valence-corrected chi connectivity index (χ0v) is 18.4. The number of carbonyl (C=O) groups excluding carboxylic acids is 1. The molecule has 11 heteroatoms. The molecule has 1 amide bonds. The monoisotopic (exact) mass is 454 g/mol. The maximum Gasteiger partial charge on any atom is 0.287 e. The summed E-state index contributed by atoms with van der Waals surface area (Å²) in [6.45, 7) is 5.73. The molecule has 11 nitrogen and oxygen atoms in total. The Bertz CT molecular complexity index is 1040. The number of nitrogens with zero attached hydrogens (tertiary/aromatic N) is 6. The van der Waals surface area contributed by atoms with Crippen LogP contribution in [0.15, 0.2) is 36.5 Å². The summed E-state index contributed by atoms with van der Waals surface area (Å²) in [5.41, 5.74) is 0.941. The number of rotatable bonds is 5. The van der Waals surface area contributed by atoms with Crippen LogP contribution in [0.2, 0.25) is 0 Å². The standard InChI is InChI=1S/C22H26N6O5/c1-16-6-8-24(9-7-16)20-4-2-17(27(30)31)14-19(20)22(29)26-12-10-25(11-13-26)21-5-3-18(15-23-21)28(32)33/h2-5,14-16H,6-13H2,1H3. The van der Waals surface area contributed by atoms with Gasteiger partial charge in [-0.05, 0) is 30.9 Å². The number of hydrogen-bond donors (Lipinski definition) is 0. The predicted molar refractivity (Wildman–Crippen MR) is 123 cm³/mol. The molecule has 0 bridgehead atoms. The summed E-state index contributed by atoms with van der Waals surface area (Å²) in [7, 11) is 0. The van der Waals surface area contributed by atoms with Gasteiger partial charge in [0.15, 0.2) is 0 Å². The number of piperidine rings is 1. The summed E-state index contributed by atoms with van der Waals surface area (Å²) in [5, 5.41) is 22.2. The van der Waals surface area contributed by atoms with Crippen LogP contribution in [0, 0.1) is 26.1 Å². The van der Waals surface area contributed by atoms with E-state index in [1.54, 1.807) is 17.0 Å². The maximum atomic E-state index is 13.4. The molecule has 0 unspecified atom stereocenters. The van der Waals surface area contributed by atoms with Gasteiger partial charge in [0.2, 0.25) is 0 Å². The van der Waals surface area contributed by atoms with Crippen LogP contribution in [0.25, 0.3) is 0 Å². The lowest BCUT2D eigenvalue weighted by Gasteiger charge is -2.37. The molecule has 4 rings (SSSR count). The van der Waals surface area contributed by atoms with Gasteiger partial charge in [-0.2, -0.15) is 0 Å². The molecule has 0 spiro atoms. The number of aromatic nitrogens is 1. The molecule has 3 heterocycles. The molecule has 174 valence electrons. The van der Waals surface area contributed by atoms with Gasteiger partial charge in [-0.3, -0.25) is 25.0 Å². The lowest BCUT2D eigenvalue weighted by Crippen LogP contribution is -2.49. The summed E-state index contributed by atoms with van der Waals surface area (Å²) in [6.07, 6.45) is 3.26. The van der Waals surface area contributed by atoms with E-state index < -0.39 is 9.85 Å². The first-order valence-corrected chi connectivity index (χ1v) is 11.0.